The maximum atomic E-state index is 6.13. The van der Waals surface area contributed by atoms with Crippen LogP contribution in [-0.4, -0.2) is 18.6 Å². The SMILES string of the molecule is CCN(C)c1ccc2cnccc2c1N. The number of anilines is 2. The van der Waals surface area contributed by atoms with E-state index in [0.717, 1.165) is 28.7 Å². The van der Waals surface area contributed by atoms with E-state index in [1.54, 1.807) is 6.20 Å². The zero-order chi connectivity index (χ0) is 10.8. The van der Waals surface area contributed by atoms with Gasteiger partial charge in [0, 0.05) is 36.8 Å². The summed E-state index contributed by atoms with van der Waals surface area (Å²) >= 11 is 0. The van der Waals surface area contributed by atoms with E-state index in [9.17, 15) is 0 Å². The molecule has 0 aliphatic carbocycles. The molecular formula is C12H15N3. The van der Waals surface area contributed by atoms with Crippen LogP contribution >= 0.6 is 0 Å². The first-order valence-corrected chi connectivity index (χ1v) is 5.07. The number of fused-ring (bicyclic) bond motifs is 1. The van der Waals surface area contributed by atoms with Crippen molar-refractivity contribution in [3.63, 3.8) is 0 Å². The molecule has 0 radical (unpaired) electrons. The van der Waals surface area contributed by atoms with E-state index in [-0.39, 0.29) is 0 Å². The van der Waals surface area contributed by atoms with Gasteiger partial charge in [-0.15, -0.1) is 0 Å². The molecule has 0 amide bonds. The van der Waals surface area contributed by atoms with Gasteiger partial charge in [-0.1, -0.05) is 6.07 Å². The lowest BCUT2D eigenvalue weighted by Crippen LogP contribution is -2.17. The Kier molecular flexibility index (Phi) is 2.46. The van der Waals surface area contributed by atoms with Crippen molar-refractivity contribution in [2.75, 3.05) is 24.2 Å². The van der Waals surface area contributed by atoms with Crippen LogP contribution in [-0.2, 0) is 0 Å². The number of pyridine rings is 1. The van der Waals surface area contributed by atoms with Crippen LogP contribution in [0.4, 0.5) is 11.4 Å². The van der Waals surface area contributed by atoms with Crippen LogP contribution < -0.4 is 10.6 Å². The molecule has 1 heterocycles. The minimum absolute atomic E-state index is 0.833. The van der Waals surface area contributed by atoms with Crippen LogP contribution in [0.25, 0.3) is 10.8 Å². The van der Waals surface area contributed by atoms with Crippen molar-refractivity contribution in [2.45, 2.75) is 6.92 Å². The predicted octanol–water partition coefficient (Wildman–Crippen LogP) is 2.27. The Labute approximate surface area is 89.5 Å². The second-order valence-electron chi connectivity index (χ2n) is 3.61. The summed E-state index contributed by atoms with van der Waals surface area (Å²) in [5.74, 6) is 0. The second kappa shape index (κ2) is 3.77. The molecule has 0 spiro atoms. The van der Waals surface area contributed by atoms with Crippen molar-refractivity contribution < 1.29 is 0 Å². The molecule has 0 saturated carbocycles. The van der Waals surface area contributed by atoms with Crippen LogP contribution in [0.3, 0.4) is 0 Å². The second-order valence-corrected chi connectivity index (χ2v) is 3.61. The molecule has 2 N–H and O–H groups in total. The molecule has 0 saturated heterocycles. The normalized spacial score (nSPS) is 10.5. The number of aromatic nitrogens is 1. The zero-order valence-corrected chi connectivity index (χ0v) is 9.07. The molecule has 2 rings (SSSR count). The Morgan fingerprint density at radius 1 is 1.33 bits per heavy atom. The highest BCUT2D eigenvalue weighted by Crippen LogP contribution is 2.29. The highest BCUT2D eigenvalue weighted by Gasteiger charge is 2.06. The molecular weight excluding hydrogens is 186 g/mol. The Balaban J connectivity index is 2.65. The Hall–Kier alpha value is -1.77. The largest absolute Gasteiger partial charge is 0.397 e. The third-order valence-electron chi connectivity index (χ3n) is 2.72. The number of nitrogens with two attached hydrogens (primary N) is 1. The molecule has 0 aliphatic rings. The van der Waals surface area contributed by atoms with Gasteiger partial charge in [0.25, 0.3) is 0 Å². The molecule has 0 fully saturated rings. The fraction of sp³-hybridized carbons (Fsp3) is 0.250. The Bertz CT molecular complexity index is 479. The summed E-state index contributed by atoms with van der Waals surface area (Å²) in [4.78, 5) is 6.21. The summed E-state index contributed by atoms with van der Waals surface area (Å²) in [5, 5.41) is 2.16. The highest BCUT2D eigenvalue weighted by molar-refractivity contribution is 5.98. The van der Waals surface area contributed by atoms with Gasteiger partial charge < -0.3 is 10.6 Å². The molecule has 3 nitrogen and oxygen atoms in total. The Morgan fingerprint density at radius 3 is 2.87 bits per heavy atom. The van der Waals surface area contributed by atoms with Gasteiger partial charge in [0.05, 0.1) is 11.4 Å². The standard InChI is InChI=1S/C12H15N3/c1-3-15(2)11-5-4-9-8-14-7-6-10(9)12(11)13/h4-8H,3,13H2,1-2H3. The molecule has 2 aromatic rings. The first-order chi connectivity index (χ1) is 7.24. The summed E-state index contributed by atoms with van der Waals surface area (Å²) in [6, 6.07) is 6.06. The molecule has 1 aromatic carbocycles. The van der Waals surface area contributed by atoms with Crippen molar-refractivity contribution in [3.05, 3.63) is 30.6 Å². The summed E-state index contributed by atoms with van der Waals surface area (Å²) in [6.07, 6.45) is 3.61. The molecule has 0 unspecified atom stereocenters. The zero-order valence-electron chi connectivity index (χ0n) is 9.07. The summed E-state index contributed by atoms with van der Waals surface area (Å²) in [6.45, 7) is 3.05. The first kappa shape index (κ1) is 9.77. The van der Waals surface area contributed by atoms with Crippen molar-refractivity contribution >= 4 is 22.1 Å². The average Bonchev–Trinajstić information content (AvgIpc) is 2.29. The third-order valence-corrected chi connectivity index (χ3v) is 2.72. The number of benzene rings is 1. The molecule has 78 valence electrons. The van der Waals surface area contributed by atoms with E-state index in [0.29, 0.717) is 0 Å². The summed E-state index contributed by atoms with van der Waals surface area (Å²) in [7, 11) is 2.04. The minimum atomic E-state index is 0.833. The smallest absolute Gasteiger partial charge is 0.0632 e. The fourth-order valence-electron chi connectivity index (χ4n) is 1.68. The molecule has 0 aliphatic heterocycles. The molecule has 0 atom stereocenters. The van der Waals surface area contributed by atoms with Crippen LogP contribution in [0, 0.1) is 0 Å². The van der Waals surface area contributed by atoms with Crippen molar-refractivity contribution in [1.29, 1.82) is 0 Å². The lowest BCUT2D eigenvalue weighted by atomic mass is 10.1. The van der Waals surface area contributed by atoms with Crippen molar-refractivity contribution in [3.8, 4) is 0 Å². The van der Waals surface area contributed by atoms with Crippen molar-refractivity contribution in [2.24, 2.45) is 0 Å². The molecule has 0 bridgehead atoms. The number of rotatable bonds is 2. The fourth-order valence-corrected chi connectivity index (χ4v) is 1.68. The third kappa shape index (κ3) is 1.61. The number of hydrogen-bond acceptors (Lipinski definition) is 3. The quantitative estimate of drug-likeness (QED) is 0.758. The van der Waals surface area contributed by atoms with Crippen LogP contribution in [0.1, 0.15) is 6.92 Å². The number of nitrogens with zero attached hydrogens (tertiary/aromatic N) is 2. The Morgan fingerprint density at radius 2 is 2.13 bits per heavy atom. The van der Waals surface area contributed by atoms with Gasteiger partial charge in [0.15, 0.2) is 0 Å². The van der Waals surface area contributed by atoms with Gasteiger partial charge in [-0.25, -0.2) is 0 Å². The summed E-state index contributed by atoms with van der Waals surface area (Å²) < 4.78 is 0. The van der Waals surface area contributed by atoms with Gasteiger partial charge in [-0.05, 0) is 19.1 Å². The lowest BCUT2D eigenvalue weighted by molar-refractivity contribution is 0.971. The van der Waals surface area contributed by atoms with E-state index < -0.39 is 0 Å². The monoisotopic (exact) mass is 201 g/mol. The first-order valence-electron chi connectivity index (χ1n) is 5.07. The maximum Gasteiger partial charge on any atom is 0.0632 e. The van der Waals surface area contributed by atoms with Gasteiger partial charge in [-0.2, -0.15) is 0 Å². The van der Waals surface area contributed by atoms with E-state index in [4.69, 9.17) is 5.73 Å². The summed E-state index contributed by atoms with van der Waals surface area (Å²) in [5.41, 5.74) is 8.04. The topological polar surface area (TPSA) is 42.2 Å². The maximum absolute atomic E-state index is 6.13. The lowest BCUT2D eigenvalue weighted by Gasteiger charge is -2.19. The van der Waals surface area contributed by atoms with Crippen LogP contribution in [0.15, 0.2) is 30.6 Å². The van der Waals surface area contributed by atoms with Gasteiger partial charge in [-0.3, -0.25) is 4.98 Å². The van der Waals surface area contributed by atoms with Gasteiger partial charge >= 0.3 is 0 Å². The van der Waals surface area contributed by atoms with Crippen LogP contribution in [0.5, 0.6) is 0 Å². The van der Waals surface area contributed by atoms with E-state index >= 15 is 0 Å². The van der Waals surface area contributed by atoms with Crippen molar-refractivity contribution in [1.82, 2.24) is 4.98 Å². The number of nitrogen functional groups attached to an aromatic ring is 1. The van der Waals surface area contributed by atoms with E-state index in [1.165, 1.54) is 0 Å². The average molecular weight is 201 g/mol. The molecule has 15 heavy (non-hydrogen) atoms. The highest BCUT2D eigenvalue weighted by atomic mass is 15.1. The van der Waals surface area contributed by atoms with Gasteiger partial charge in [0.1, 0.15) is 0 Å². The predicted molar refractivity (Wildman–Crippen MR) is 65.1 cm³/mol. The molecule has 3 heteroatoms. The van der Waals surface area contributed by atoms with Gasteiger partial charge in [0.2, 0.25) is 0 Å². The van der Waals surface area contributed by atoms with E-state index in [1.807, 2.05) is 25.4 Å². The van der Waals surface area contributed by atoms with Crippen LogP contribution in [0.2, 0.25) is 0 Å². The van der Waals surface area contributed by atoms with E-state index in [2.05, 4.69) is 22.9 Å². The minimum Gasteiger partial charge on any atom is -0.397 e. The number of hydrogen-bond donors (Lipinski definition) is 1. The molecule has 1 aromatic heterocycles.